The van der Waals surface area contributed by atoms with Crippen LogP contribution in [0.2, 0.25) is 0 Å². The van der Waals surface area contributed by atoms with Gasteiger partial charge in [-0.25, -0.2) is 14.0 Å². The first-order valence-corrected chi connectivity index (χ1v) is 13.6. The van der Waals surface area contributed by atoms with Crippen molar-refractivity contribution in [1.82, 2.24) is 15.1 Å². The topological polar surface area (TPSA) is 128 Å². The molecule has 0 aromatic heterocycles. The molecule has 2 fully saturated rings. The summed E-state index contributed by atoms with van der Waals surface area (Å²) in [5, 5.41) is 4.87. The van der Waals surface area contributed by atoms with Gasteiger partial charge in [-0.3, -0.25) is 29.5 Å². The SMILES string of the molecule is COC(=O)Nc1ccc(N2C(=O)N(C)C(=O)C23CCN(C(=O)C(NC(=O)c2cc(C(F)(F)F)ccc2F)C(C)C)CC3)cc1. The number of hydrogen-bond donors (Lipinski definition) is 2. The molecule has 2 aromatic rings. The molecule has 2 saturated heterocycles. The highest BCUT2D eigenvalue weighted by Gasteiger charge is 2.58. The molecule has 0 bridgehead atoms. The first-order valence-electron chi connectivity index (χ1n) is 13.6. The average molecular weight is 622 g/mol. The van der Waals surface area contributed by atoms with Crippen LogP contribution in [0.3, 0.4) is 0 Å². The lowest BCUT2D eigenvalue weighted by molar-refractivity contribution is -0.139. The molecule has 2 aliphatic heterocycles. The van der Waals surface area contributed by atoms with Crippen LogP contribution in [0.5, 0.6) is 0 Å². The number of rotatable bonds is 6. The summed E-state index contributed by atoms with van der Waals surface area (Å²) in [4.78, 5) is 68.3. The zero-order chi connectivity index (χ0) is 32.6. The second-order valence-electron chi connectivity index (χ2n) is 10.9. The van der Waals surface area contributed by atoms with Gasteiger partial charge >= 0.3 is 18.3 Å². The van der Waals surface area contributed by atoms with Crippen molar-refractivity contribution < 1.29 is 46.3 Å². The number of nitrogens with zero attached hydrogens (tertiary/aromatic N) is 3. The van der Waals surface area contributed by atoms with Gasteiger partial charge in [0.05, 0.1) is 18.2 Å². The Morgan fingerprint density at radius 3 is 2.16 bits per heavy atom. The first-order chi connectivity index (χ1) is 20.6. The number of halogens is 4. The van der Waals surface area contributed by atoms with Gasteiger partial charge in [-0.05, 0) is 61.2 Å². The van der Waals surface area contributed by atoms with Crippen LogP contribution in [-0.4, -0.2) is 78.5 Å². The quantitative estimate of drug-likeness (QED) is 0.367. The number of piperidine rings is 1. The molecule has 2 aliphatic rings. The van der Waals surface area contributed by atoms with Crippen LogP contribution in [-0.2, 0) is 20.5 Å². The zero-order valence-corrected chi connectivity index (χ0v) is 24.3. The van der Waals surface area contributed by atoms with Gasteiger partial charge in [0.1, 0.15) is 17.4 Å². The van der Waals surface area contributed by atoms with Crippen LogP contribution in [0.4, 0.5) is 38.5 Å². The normalized spacial score (nSPS) is 17.2. The predicted molar refractivity (Wildman–Crippen MR) is 149 cm³/mol. The van der Waals surface area contributed by atoms with Crippen molar-refractivity contribution in [2.45, 2.75) is 44.4 Å². The van der Waals surface area contributed by atoms with E-state index in [-0.39, 0.29) is 25.9 Å². The number of carbonyl (C=O) groups is 5. The number of alkyl halides is 3. The number of carbonyl (C=O) groups excluding carboxylic acids is 5. The van der Waals surface area contributed by atoms with Gasteiger partial charge in [0, 0.05) is 31.5 Å². The molecule has 2 aromatic carbocycles. The number of anilines is 2. The maximum atomic E-state index is 14.3. The molecule has 2 heterocycles. The van der Waals surface area contributed by atoms with Crippen LogP contribution in [0.1, 0.15) is 42.6 Å². The smallest absolute Gasteiger partial charge is 0.416 e. The number of likely N-dealkylation sites (N-methyl/N-ethyl adjacent to an activating group) is 1. The minimum atomic E-state index is -4.80. The molecule has 0 radical (unpaired) electrons. The molecule has 236 valence electrons. The van der Waals surface area contributed by atoms with E-state index in [1.165, 1.54) is 36.1 Å². The zero-order valence-electron chi connectivity index (χ0n) is 24.3. The average Bonchev–Trinajstić information content (AvgIpc) is 3.15. The van der Waals surface area contributed by atoms with Crippen molar-refractivity contribution in [2.75, 3.05) is 37.5 Å². The molecular weight excluding hydrogens is 590 g/mol. The molecule has 1 unspecified atom stereocenters. The van der Waals surface area contributed by atoms with Crippen LogP contribution in [0, 0.1) is 11.7 Å². The Balaban J connectivity index is 1.52. The van der Waals surface area contributed by atoms with E-state index in [4.69, 9.17) is 0 Å². The van der Waals surface area contributed by atoms with Gasteiger partial charge in [-0.1, -0.05) is 13.8 Å². The Hall–Kier alpha value is -4.69. The highest BCUT2D eigenvalue weighted by molar-refractivity contribution is 6.16. The number of urea groups is 1. The lowest BCUT2D eigenvalue weighted by Crippen LogP contribution is -2.60. The lowest BCUT2D eigenvalue weighted by Gasteiger charge is -2.43. The number of benzene rings is 2. The number of methoxy groups -OCH3 is 1. The van der Waals surface area contributed by atoms with E-state index < -0.39 is 70.5 Å². The highest BCUT2D eigenvalue weighted by atomic mass is 19.4. The minimum absolute atomic E-state index is 0.0151. The van der Waals surface area contributed by atoms with E-state index in [0.29, 0.717) is 29.6 Å². The Morgan fingerprint density at radius 2 is 1.61 bits per heavy atom. The molecule has 11 nitrogen and oxygen atoms in total. The van der Waals surface area contributed by atoms with Crippen molar-refractivity contribution in [3.8, 4) is 0 Å². The molecule has 0 saturated carbocycles. The molecule has 0 aliphatic carbocycles. The first kappa shape index (κ1) is 32.2. The van der Waals surface area contributed by atoms with Crippen molar-refractivity contribution in [1.29, 1.82) is 0 Å². The number of ether oxygens (including phenoxy) is 1. The maximum Gasteiger partial charge on any atom is 0.416 e. The summed E-state index contributed by atoms with van der Waals surface area (Å²) in [7, 11) is 2.57. The summed E-state index contributed by atoms with van der Waals surface area (Å²) < 4.78 is 58.4. The van der Waals surface area contributed by atoms with E-state index in [1.54, 1.807) is 26.0 Å². The molecule has 1 atom stereocenters. The van der Waals surface area contributed by atoms with Gasteiger partial charge < -0.3 is 15.0 Å². The predicted octanol–water partition coefficient (Wildman–Crippen LogP) is 4.24. The Labute approximate surface area is 250 Å². The number of hydrogen-bond acceptors (Lipinski definition) is 6. The highest BCUT2D eigenvalue weighted by Crippen LogP contribution is 2.40. The Kier molecular flexibility index (Phi) is 8.88. The van der Waals surface area contributed by atoms with Crippen molar-refractivity contribution in [2.24, 2.45) is 5.92 Å². The second-order valence-corrected chi connectivity index (χ2v) is 10.9. The number of nitrogens with one attached hydrogen (secondary N) is 2. The molecule has 44 heavy (non-hydrogen) atoms. The lowest BCUT2D eigenvalue weighted by atomic mass is 9.85. The Morgan fingerprint density at radius 1 is 1.00 bits per heavy atom. The molecule has 15 heteroatoms. The molecule has 4 rings (SSSR count). The van der Waals surface area contributed by atoms with E-state index in [0.717, 1.165) is 4.90 Å². The fourth-order valence-corrected chi connectivity index (χ4v) is 5.39. The molecule has 6 amide bonds. The van der Waals surface area contributed by atoms with Crippen LogP contribution >= 0.6 is 0 Å². The summed E-state index contributed by atoms with van der Waals surface area (Å²) in [6.07, 6.45) is -5.38. The van der Waals surface area contributed by atoms with Gasteiger partial charge in [0.25, 0.3) is 11.8 Å². The molecular formula is C29H31F4N5O6. The summed E-state index contributed by atoms with van der Waals surface area (Å²) in [6.45, 7) is 3.26. The van der Waals surface area contributed by atoms with Crippen molar-refractivity contribution >= 4 is 41.2 Å². The fourth-order valence-electron chi connectivity index (χ4n) is 5.39. The van der Waals surface area contributed by atoms with Crippen LogP contribution in [0.25, 0.3) is 0 Å². The third kappa shape index (κ3) is 6.03. The van der Waals surface area contributed by atoms with Gasteiger partial charge in [-0.15, -0.1) is 0 Å². The monoisotopic (exact) mass is 621 g/mol. The summed E-state index contributed by atoms with van der Waals surface area (Å²) in [5.74, 6) is -3.90. The van der Waals surface area contributed by atoms with Crippen LogP contribution < -0.4 is 15.5 Å². The van der Waals surface area contributed by atoms with E-state index in [1.807, 2.05) is 0 Å². The van der Waals surface area contributed by atoms with Gasteiger partial charge in [-0.2, -0.15) is 13.2 Å². The van der Waals surface area contributed by atoms with Crippen LogP contribution in [0.15, 0.2) is 42.5 Å². The number of likely N-dealkylation sites (tertiary alicyclic amines) is 1. The summed E-state index contributed by atoms with van der Waals surface area (Å²) >= 11 is 0. The van der Waals surface area contributed by atoms with Crippen molar-refractivity contribution in [3.05, 3.63) is 59.4 Å². The van der Waals surface area contributed by atoms with Gasteiger partial charge in [0.2, 0.25) is 5.91 Å². The third-order valence-corrected chi connectivity index (χ3v) is 7.83. The van der Waals surface area contributed by atoms with E-state index in [2.05, 4.69) is 15.4 Å². The largest absolute Gasteiger partial charge is 0.453 e. The Bertz CT molecular complexity index is 1470. The minimum Gasteiger partial charge on any atom is -0.453 e. The van der Waals surface area contributed by atoms with Crippen molar-refractivity contribution in [3.63, 3.8) is 0 Å². The summed E-state index contributed by atoms with van der Waals surface area (Å²) in [6, 6.07) is 5.87. The van der Waals surface area contributed by atoms with E-state index >= 15 is 0 Å². The standard InChI is InChI=1S/C29H31F4N5O6/c1-16(2)22(35-23(39)20-15-17(29(31,32)33)5-10-21(20)30)24(40)37-13-11-28(12-14-37)25(41)36(3)27(43)38(28)19-8-6-18(7-9-19)34-26(42)44-4/h5-10,15-16,22H,11-14H2,1-4H3,(H,34,42)(H,35,39). The fraction of sp³-hybridized carbons (Fsp3) is 0.414. The maximum absolute atomic E-state index is 14.3. The number of amides is 6. The van der Waals surface area contributed by atoms with Gasteiger partial charge in [0.15, 0.2) is 0 Å². The van der Waals surface area contributed by atoms with E-state index in [9.17, 15) is 41.5 Å². The molecule has 2 N–H and O–H groups in total. The second kappa shape index (κ2) is 12.1. The summed E-state index contributed by atoms with van der Waals surface area (Å²) in [5.41, 5.74) is -2.58. The number of imide groups is 1. The molecule has 1 spiro atoms. The third-order valence-electron chi connectivity index (χ3n) is 7.83.